The number of imidazole rings is 1. The second-order valence-corrected chi connectivity index (χ2v) is 5.80. The molecule has 6 nitrogen and oxygen atoms in total. The highest BCUT2D eigenvalue weighted by atomic mass is 19.1. The van der Waals surface area contributed by atoms with Crippen LogP contribution < -0.4 is 10.1 Å². The van der Waals surface area contributed by atoms with Crippen molar-refractivity contribution in [1.82, 2.24) is 14.9 Å². The minimum absolute atomic E-state index is 0.00429. The first kappa shape index (κ1) is 16.4. The third kappa shape index (κ3) is 3.91. The van der Waals surface area contributed by atoms with E-state index in [0.717, 1.165) is 12.1 Å². The van der Waals surface area contributed by atoms with Crippen molar-refractivity contribution in [3.63, 3.8) is 0 Å². The number of hydrogen-bond donors (Lipinski definition) is 1. The molecule has 2 heterocycles. The lowest BCUT2D eigenvalue weighted by Gasteiger charge is -2.30. The number of nitrogens with zero attached hydrogens (tertiary/aromatic N) is 2. The molecular weight excluding hydrogens is 313 g/mol. The van der Waals surface area contributed by atoms with E-state index in [0.29, 0.717) is 13.0 Å². The molecule has 0 spiro atoms. The Morgan fingerprint density at radius 3 is 3.08 bits per heavy atom. The Labute approximate surface area is 139 Å². The monoisotopic (exact) mass is 333 g/mol. The van der Waals surface area contributed by atoms with Crippen LogP contribution in [0.15, 0.2) is 36.8 Å². The van der Waals surface area contributed by atoms with Crippen LogP contribution in [0, 0.1) is 5.82 Å². The van der Waals surface area contributed by atoms with Gasteiger partial charge in [0.2, 0.25) is 0 Å². The van der Waals surface area contributed by atoms with Crippen LogP contribution in [-0.2, 0) is 16.6 Å². The van der Waals surface area contributed by atoms with E-state index in [1.165, 1.54) is 12.1 Å². The maximum absolute atomic E-state index is 13.5. The summed E-state index contributed by atoms with van der Waals surface area (Å²) in [5.74, 6) is -0.672. The van der Waals surface area contributed by atoms with Crippen LogP contribution in [0.4, 0.5) is 4.39 Å². The summed E-state index contributed by atoms with van der Waals surface area (Å²) in [6.45, 7) is 0.351. The Hall–Kier alpha value is -2.41. The third-order valence-electron chi connectivity index (χ3n) is 4.03. The number of halogens is 1. The number of hydrogen-bond acceptors (Lipinski definition) is 4. The Morgan fingerprint density at radius 1 is 1.50 bits per heavy atom. The summed E-state index contributed by atoms with van der Waals surface area (Å²) < 4.78 is 26.4. The Kier molecular flexibility index (Phi) is 5.10. The van der Waals surface area contributed by atoms with Crippen LogP contribution >= 0.6 is 0 Å². The van der Waals surface area contributed by atoms with E-state index >= 15 is 0 Å². The van der Waals surface area contributed by atoms with Crippen molar-refractivity contribution in [2.24, 2.45) is 7.05 Å². The van der Waals surface area contributed by atoms with Gasteiger partial charge in [0.1, 0.15) is 6.10 Å². The number of carbonyl (C=O) groups excluding carboxylic acids is 1. The molecule has 1 aliphatic rings. The van der Waals surface area contributed by atoms with Crippen LogP contribution in [0.25, 0.3) is 0 Å². The van der Waals surface area contributed by atoms with Crippen LogP contribution in [0.2, 0.25) is 0 Å². The van der Waals surface area contributed by atoms with Crippen molar-refractivity contribution in [3.05, 3.63) is 48.3 Å². The lowest BCUT2D eigenvalue weighted by atomic mass is 10.0. The molecule has 1 amide bonds. The Morgan fingerprint density at radius 2 is 2.33 bits per heavy atom. The molecular formula is C17H20FN3O3. The largest absolute Gasteiger partial charge is 0.481 e. The second-order valence-electron chi connectivity index (χ2n) is 5.80. The molecule has 0 radical (unpaired) electrons. The van der Waals surface area contributed by atoms with Crippen LogP contribution in [0.3, 0.4) is 0 Å². The summed E-state index contributed by atoms with van der Waals surface area (Å²) in [6, 6.07) is 6.02. The molecule has 2 aromatic rings. The van der Waals surface area contributed by atoms with Gasteiger partial charge in [-0.1, -0.05) is 12.1 Å². The quantitative estimate of drug-likeness (QED) is 0.909. The molecule has 1 aromatic heterocycles. The summed E-state index contributed by atoms with van der Waals surface area (Å²) in [5.41, 5.74) is 0.983. The van der Waals surface area contributed by atoms with Gasteiger partial charge in [-0.25, -0.2) is 9.37 Å². The lowest BCUT2D eigenvalue weighted by molar-refractivity contribution is -0.125. The van der Waals surface area contributed by atoms with Crippen molar-refractivity contribution in [3.8, 4) is 5.75 Å². The highest BCUT2D eigenvalue weighted by molar-refractivity contribution is 5.77. The van der Waals surface area contributed by atoms with E-state index in [2.05, 4.69) is 10.3 Å². The molecule has 128 valence electrons. The van der Waals surface area contributed by atoms with Crippen LogP contribution in [0.5, 0.6) is 5.75 Å². The van der Waals surface area contributed by atoms with E-state index in [1.807, 2.05) is 11.6 Å². The first-order chi connectivity index (χ1) is 11.6. The van der Waals surface area contributed by atoms with Gasteiger partial charge in [0.05, 0.1) is 18.2 Å². The van der Waals surface area contributed by atoms with Gasteiger partial charge < -0.3 is 19.4 Å². The molecule has 7 heteroatoms. The number of para-hydroxylation sites is 1. The molecule has 1 fully saturated rings. The number of ether oxygens (including phenoxy) is 2. The van der Waals surface area contributed by atoms with Gasteiger partial charge in [-0.2, -0.15) is 0 Å². The van der Waals surface area contributed by atoms with E-state index in [4.69, 9.17) is 9.47 Å². The number of amides is 1. The Bertz CT molecular complexity index is 704. The normalized spacial score (nSPS) is 20.6. The number of aryl methyl sites for hydroxylation is 1. The average Bonchev–Trinajstić information content (AvgIpc) is 3.00. The molecule has 0 aliphatic carbocycles. The molecule has 1 aromatic carbocycles. The van der Waals surface area contributed by atoms with Gasteiger partial charge in [0, 0.05) is 19.7 Å². The summed E-state index contributed by atoms with van der Waals surface area (Å²) in [5, 5.41) is 2.92. The van der Waals surface area contributed by atoms with Crippen molar-refractivity contribution in [2.75, 3.05) is 13.2 Å². The van der Waals surface area contributed by atoms with Crippen molar-refractivity contribution < 1.29 is 18.7 Å². The maximum Gasteiger partial charge on any atom is 0.258 e. The van der Waals surface area contributed by atoms with E-state index in [9.17, 15) is 9.18 Å². The van der Waals surface area contributed by atoms with Crippen molar-refractivity contribution in [1.29, 1.82) is 0 Å². The molecule has 1 N–H and O–H groups in total. The number of carbonyl (C=O) groups is 1. The highest BCUT2D eigenvalue weighted by Gasteiger charge is 2.26. The summed E-state index contributed by atoms with van der Waals surface area (Å²) in [6.07, 6.45) is 4.81. The van der Waals surface area contributed by atoms with E-state index in [-0.39, 0.29) is 30.4 Å². The van der Waals surface area contributed by atoms with E-state index < -0.39 is 5.82 Å². The molecule has 1 saturated heterocycles. The van der Waals surface area contributed by atoms with Crippen molar-refractivity contribution in [2.45, 2.75) is 25.0 Å². The topological polar surface area (TPSA) is 65.4 Å². The summed E-state index contributed by atoms with van der Waals surface area (Å²) >= 11 is 0. The average molecular weight is 333 g/mol. The minimum atomic E-state index is -0.479. The molecule has 2 atom stereocenters. The molecule has 24 heavy (non-hydrogen) atoms. The SMILES string of the molecule is Cn1cncc1C1CC(NC(=O)COc2ccccc2F)CCO1. The molecule has 1 aliphatic heterocycles. The fourth-order valence-electron chi connectivity index (χ4n) is 2.79. The van der Waals surface area contributed by atoms with Gasteiger partial charge in [0.25, 0.3) is 5.91 Å². The Balaban J connectivity index is 1.51. The summed E-state index contributed by atoms with van der Waals surface area (Å²) in [4.78, 5) is 16.1. The molecule has 0 saturated carbocycles. The lowest BCUT2D eigenvalue weighted by Crippen LogP contribution is -2.42. The first-order valence-electron chi connectivity index (χ1n) is 7.88. The fourth-order valence-corrected chi connectivity index (χ4v) is 2.79. The van der Waals surface area contributed by atoms with Gasteiger partial charge in [-0.3, -0.25) is 4.79 Å². The summed E-state index contributed by atoms with van der Waals surface area (Å²) in [7, 11) is 1.91. The number of rotatable bonds is 5. The molecule has 2 unspecified atom stereocenters. The van der Waals surface area contributed by atoms with Gasteiger partial charge in [-0.15, -0.1) is 0 Å². The number of aromatic nitrogens is 2. The van der Waals surface area contributed by atoms with E-state index in [1.54, 1.807) is 24.7 Å². The zero-order valence-electron chi connectivity index (χ0n) is 13.4. The third-order valence-corrected chi connectivity index (χ3v) is 4.03. The number of nitrogens with one attached hydrogen (secondary N) is 1. The second kappa shape index (κ2) is 7.44. The standard InChI is InChI=1S/C17H20FN3O3/c1-21-11-19-9-14(21)16-8-12(6-7-23-16)20-17(22)10-24-15-5-3-2-4-13(15)18/h2-5,9,11-12,16H,6-8,10H2,1H3,(H,20,22). The zero-order valence-corrected chi connectivity index (χ0v) is 13.4. The zero-order chi connectivity index (χ0) is 16.9. The predicted molar refractivity (Wildman–Crippen MR) is 85.0 cm³/mol. The fraction of sp³-hybridized carbons (Fsp3) is 0.412. The van der Waals surface area contributed by atoms with Crippen LogP contribution in [-0.4, -0.2) is 34.7 Å². The minimum Gasteiger partial charge on any atom is -0.481 e. The maximum atomic E-state index is 13.5. The number of benzene rings is 1. The van der Waals surface area contributed by atoms with Gasteiger partial charge >= 0.3 is 0 Å². The van der Waals surface area contributed by atoms with Crippen LogP contribution in [0.1, 0.15) is 24.6 Å². The molecule has 0 bridgehead atoms. The van der Waals surface area contributed by atoms with Crippen molar-refractivity contribution >= 4 is 5.91 Å². The smallest absolute Gasteiger partial charge is 0.258 e. The highest BCUT2D eigenvalue weighted by Crippen LogP contribution is 2.27. The van der Waals surface area contributed by atoms with Gasteiger partial charge in [0.15, 0.2) is 18.2 Å². The molecule has 3 rings (SSSR count). The van der Waals surface area contributed by atoms with Gasteiger partial charge in [-0.05, 0) is 25.0 Å². The predicted octanol–water partition coefficient (Wildman–Crippen LogP) is 1.97. The first-order valence-corrected chi connectivity index (χ1v) is 7.88.